The number of benzene rings is 2. The number of aromatic nitrogens is 1. The molecule has 2 aromatic carbocycles. The number of para-hydroxylation sites is 1. The molecule has 22 heavy (non-hydrogen) atoms. The Labute approximate surface area is 132 Å². The van der Waals surface area contributed by atoms with Gasteiger partial charge in [0, 0.05) is 22.3 Å². The van der Waals surface area contributed by atoms with E-state index in [0.717, 1.165) is 10.9 Å². The van der Waals surface area contributed by atoms with E-state index in [1.165, 1.54) is 0 Å². The van der Waals surface area contributed by atoms with Crippen LogP contribution in [0.5, 0.6) is 5.75 Å². The van der Waals surface area contributed by atoms with E-state index in [-0.39, 0.29) is 0 Å². The largest absolute Gasteiger partial charge is 0.417 e. The van der Waals surface area contributed by atoms with Crippen LogP contribution in [0.4, 0.5) is 10.5 Å². The van der Waals surface area contributed by atoms with Crippen LogP contribution >= 0.6 is 11.6 Å². The molecule has 0 saturated heterocycles. The van der Waals surface area contributed by atoms with E-state index in [9.17, 15) is 4.79 Å². The van der Waals surface area contributed by atoms with Crippen LogP contribution in [-0.4, -0.2) is 11.1 Å². The first-order valence-corrected chi connectivity index (χ1v) is 7.10. The molecule has 0 bridgehead atoms. The van der Waals surface area contributed by atoms with Crippen LogP contribution in [-0.2, 0) is 0 Å². The van der Waals surface area contributed by atoms with Gasteiger partial charge in [0.2, 0.25) is 0 Å². The Morgan fingerprint density at radius 3 is 2.82 bits per heavy atom. The number of hydrogen-bond acceptors (Lipinski definition) is 3. The predicted octanol–water partition coefficient (Wildman–Crippen LogP) is 4.81. The first-order valence-electron chi connectivity index (χ1n) is 6.72. The summed E-state index contributed by atoms with van der Waals surface area (Å²) in [6.45, 7) is 1.90. The standard InChI is InChI=1S/C17H13ClN2O2/c1-11-7-8-13(10-14(11)18)20-17(21)22-15-6-2-4-12-5-3-9-19-16(12)15/h2-10H,1H3,(H,20,21). The van der Waals surface area contributed by atoms with Gasteiger partial charge in [-0.15, -0.1) is 0 Å². The molecule has 1 aromatic heterocycles. The monoisotopic (exact) mass is 312 g/mol. The Hall–Kier alpha value is -2.59. The van der Waals surface area contributed by atoms with E-state index < -0.39 is 6.09 Å². The van der Waals surface area contributed by atoms with Crippen LogP contribution in [0, 0.1) is 6.92 Å². The van der Waals surface area contributed by atoms with Crippen molar-refractivity contribution in [2.45, 2.75) is 6.92 Å². The number of anilines is 1. The lowest BCUT2D eigenvalue weighted by atomic mass is 10.2. The molecule has 0 aliphatic heterocycles. The molecule has 3 rings (SSSR count). The van der Waals surface area contributed by atoms with Crippen molar-refractivity contribution < 1.29 is 9.53 Å². The number of aryl methyl sites for hydroxylation is 1. The van der Waals surface area contributed by atoms with Crippen LogP contribution in [0.2, 0.25) is 5.02 Å². The molecule has 1 amide bonds. The summed E-state index contributed by atoms with van der Waals surface area (Å²) < 4.78 is 5.35. The first kappa shape index (κ1) is 14.4. The molecule has 0 unspecified atom stereocenters. The van der Waals surface area contributed by atoms with Gasteiger partial charge in [0.25, 0.3) is 0 Å². The highest BCUT2D eigenvalue weighted by Crippen LogP contribution is 2.24. The van der Waals surface area contributed by atoms with Gasteiger partial charge in [-0.25, -0.2) is 4.79 Å². The normalized spacial score (nSPS) is 10.5. The Morgan fingerprint density at radius 1 is 1.18 bits per heavy atom. The highest BCUT2D eigenvalue weighted by atomic mass is 35.5. The molecular weight excluding hydrogens is 300 g/mol. The third-order valence-corrected chi connectivity index (χ3v) is 3.62. The average Bonchev–Trinajstić information content (AvgIpc) is 2.51. The number of carbonyl (C=O) groups excluding carboxylic acids is 1. The second kappa shape index (κ2) is 6.03. The Balaban J connectivity index is 1.80. The molecule has 110 valence electrons. The molecule has 3 aromatic rings. The van der Waals surface area contributed by atoms with Crippen LogP contribution in [0.15, 0.2) is 54.7 Å². The number of nitrogens with zero attached hydrogens (tertiary/aromatic N) is 1. The smallest absolute Gasteiger partial charge is 0.408 e. The van der Waals surface area contributed by atoms with Crippen molar-refractivity contribution in [1.82, 2.24) is 4.98 Å². The van der Waals surface area contributed by atoms with Gasteiger partial charge in [-0.1, -0.05) is 35.9 Å². The number of carbonyl (C=O) groups is 1. The highest BCUT2D eigenvalue weighted by molar-refractivity contribution is 6.31. The quantitative estimate of drug-likeness (QED) is 0.739. The second-order valence-corrected chi connectivity index (χ2v) is 5.22. The van der Waals surface area contributed by atoms with Crippen molar-refractivity contribution in [3.8, 4) is 5.75 Å². The molecule has 0 fully saturated rings. The molecule has 0 radical (unpaired) electrons. The molecular formula is C17H13ClN2O2. The Kier molecular flexibility index (Phi) is 3.94. The number of pyridine rings is 1. The molecule has 0 atom stereocenters. The lowest BCUT2D eigenvalue weighted by molar-refractivity contribution is 0.215. The van der Waals surface area contributed by atoms with Crippen LogP contribution in [0.25, 0.3) is 10.9 Å². The SMILES string of the molecule is Cc1ccc(NC(=O)Oc2cccc3cccnc23)cc1Cl. The Bertz CT molecular complexity index is 844. The topological polar surface area (TPSA) is 51.2 Å². The number of amides is 1. The first-order chi connectivity index (χ1) is 10.6. The van der Waals surface area contributed by atoms with E-state index in [1.807, 2.05) is 37.3 Å². The lowest BCUT2D eigenvalue weighted by Crippen LogP contribution is -2.17. The fourth-order valence-corrected chi connectivity index (χ4v) is 2.25. The third-order valence-electron chi connectivity index (χ3n) is 3.22. The van der Waals surface area contributed by atoms with Crippen molar-refractivity contribution in [2.75, 3.05) is 5.32 Å². The number of ether oxygens (including phenoxy) is 1. The Morgan fingerprint density at radius 2 is 2.00 bits per heavy atom. The maximum absolute atomic E-state index is 12.0. The van der Waals surface area contributed by atoms with E-state index in [4.69, 9.17) is 16.3 Å². The zero-order valence-corrected chi connectivity index (χ0v) is 12.6. The molecule has 1 N–H and O–H groups in total. The predicted molar refractivity (Wildman–Crippen MR) is 87.6 cm³/mol. The lowest BCUT2D eigenvalue weighted by Gasteiger charge is -2.09. The van der Waals surface area contributed by atoms with Gasteiger partial charge in [-0.05, 0) is 36.8 Å². The minimum Gasteiger partial charge on any atom is -0.408 e. The molecule has 0 spiro atoms. The summed E-state index contributed by atoms with van der Waals surface area (Å²) >= 11 is 6.03. The van der Waals surface area contributed by atoms with Crippen LogP contribution in [0.1, 0.15) is 5.56 Å². The summed E-state index contributed by atoms with van der Waals surface area (Å²) in [4.78, 5) is 16.3. The number of nitrogens with one attached hydrogen (secondary N) is 1. The van der Waals surface area contributed by atoms with Crippen molar-refractivity contribution in [3.05, 3.63) is 65.3 Å². The minimum absolute atomic E-state index is 0.411. The van der Waals surface area contributed by atoms with Gasteiger partial charge in [-0.3, -0.25) is 10.3 Å². The van der Waals surface area contributed by atoms with E-state index in [1.54, 1.807) is 24.4 Å². The van der Waals surface area contributed by atoms with Gasteiger partial charge >= 0.3 is 6.09 Å². The number of rotatable bonds is 2. The summed E-state index contributed by atoms with van der Waals surface area (Å²) in [6, 6.07) is 14.5. The summed E-state index contributed by atoms with van der Waals surface area (Å²) in [5.41, 5.74) is 2.16. The average molecular weight is 313 g/mol. The minimum atomic E-state index is -0.585. The van der Waals surface area contributed by atoms with Gasteiger partial charge in [-0.2, -0.15) is 0 Å². The summed E-state index contributed by atoms with van der Waals surface area (Å²) in [5.74, 6) is 0.411. The number of fused-ring (bicyclic) bond motifs is 1. The van der Waals surface area contributed by atoms with Crippen molar-refractivity contribution in [3.63, 3.8) is 0 Å². The molecule has 1 heterocycles. The van der Waals surface area contributed by atoms with Gasteiger partial charge < -0.3 is 4.74 Å². The molecule has 5 heteroatoms. The van der Waals surface area contributed by atoms with Crippen molar-refractivity contribution in [2.24, 2.45) is 0 Å². The fourth-order valence-electron chi connectivity index (χ4n) is 2.07. The fraction of sp³-hybridized carbons (Fsp3) is 0.0588. The van der Waals surface area contributed by atoms with Gasteiger partial charge in [0.1, 0.15) is 5.52 Å². The second-order valence-electron chi connectivity index (χ2n) is 4.81. The number of halogens is 1. The van der Waals surface area contributed by atoms with E-state index in [0.29, 0.717) is 22.0 Å². The van der Waals surface area contributed by atoms with Crippen LogP contribution in [0.3, 0.4) is 0 Å². The zero-order valence-electron chi connectivity index (χ0n) is 11.8. The van der Waals surface area contributed by atoms with Crippen molar-refractivity contribution >= 4 is 34.3 Å². The third kappa shape index (κ3) is 3.02. The molecule has 4 nitrogen and oxygen atoms in total. The highest BCUT2D eigenvalue weighted by Gasteiger charge is 2.09. The van der Waals surface area contributed by atoms with E-state index in [2.05, 4.69) is 10.3 Å². The van der Waals surface area contributed by atoms with Crippen LogP contribution < -0.4 is 10.1 Å². The number of hydrogen-bond donors (Lipinski definition) is 1. The maximum atomic E-state index is 12.0. The molecule has 0 saturated carbocycles. The van der Waals surface area contributed by atoms with Gasteiger partial charge in [0.05, 0.1) is 0 Å². The van der Waals surface area contributed by atoms with Crippen molar-refractivity contribution in [1.29, 1.82) is 0 Å². The van der Waals surface area contributed by atoms with E-state index >= 15 is 0 Å². The zero-order chi connectivity index (χ0) is 15.5. The summed E-state index contributed by atoms with van der Waals surface area (Å²) in [7, 11) is 0. The molecule has 0 aliphatic rings. The maximum Gasteiger partial charge on any atom is 0.417 e. The molecule has 0 aliphatic carbocycles. The van der Waals surface area contributed by atoms with Gasteiger partial charge in [0.15, 0.2) is 5.75 Å². The summed E-state index contributed by atoms with van der Waals surface area (Å²) in [6.07, 6.45) is 1.07. The summed E-state index contributed by atoms with van der Waals surface area (Å²) in [5, 5.41) is 4.15.